The molecule has 2 heterocycles. The number of amides is 1. The van der Waals surface area contributed by atoms with Crippen LogP contribution in [0.15, 0.2) is 23.5 Å². The molecule has 1 aliphatic rings. The van der Waals surface area contributed by atoms with Crippen LogP contribution in [0.5, 0.6) is 0 Å². The molecule has 0 saturated carbocycles. The number of carbonyl (C=O) groups excluding carboxylic acids is 1. The Kier molecular flexibility index (Phi) is 4.21. The van der Waals surface area contributed by atoms with E-state index in [0.29, 0.717) is 23.7 Å². The van der Waals surface area contributed by atoms with E-state index in [0.717, 1.165) is 12.8 Å². The topological polar surface area (TPSA) is 91.8 Å². The molecule has 1 amide bonds. The van der Waals surface area contributed by atoms with Gasteiger partial charge in [-0.15, -0.1) is 0 Å². The van der Waals surface area contributed by atoms with Crippen LogP contribution in [-0.4, -0.2) is 39.4 Å². The molecule has 3 N–H and O–H groups in total. The lowest BCUT2D eigenvalue weighted by Crippen LogP contribution is -2.50. The summed E-state index contributed by atoms with van der Waals surface area (Å²) in [6, 6.07) is 2.82. The summed E-state index contributed by atoms with van der Waals surface area (Å²) < 4.78 is 0. The summed E-state index contributed by atoms with van der Waals surface area (Å²) in [6.07, 6.45) is 3.96. The fourth-order valence-corrected chi connectivity index (χ4v) is 2.31. The molecule has 1 aromatic heterocycles. The Bertz CT molecular complexity index is 489. The molecule has 6 nitrogen and oxygen atoms in total. The number of likely N-dealkylation sites (tertiary alicyclic amines) is 1. The lowest BCUT2D eigenvalue weighted by molar-refractivity contribution is 0.0670. The van der Waals surface area contributed by atoms with Crippen molar-refractivity contribution >= 4 is 23.3 Å². The number of nitrogens with zero attached hydrogens (tertiary/aromatic N) is 3. The molecule has 0 bridgehead atoms. The standard InChI is InChI=1S/C12H15ClN4O2/c13-8-4-5-9(15-7-8)12(18)17-6-2-1-3-10(17)11(14)16-19/h4-5,7,10,19H,1-3,6H2,(H2,14,16). The van der Waals surface area contributed by atoms with Crippen LogP contribution in [0.2, 0.25) is 5.02 Å². The maximum atomic E-state index is 12.4. The molecule has 0 radical (unpaired) electrons. The lowest BCUT2D eigenvalue weighted by Gasteiger charge is -2.34. The first-order chi connectivity index (χ1) is 9.13. The van der Waals surface area contributed by atoms with Crippen molar-refractivity contribution in [3.8, 4) is 0 Å². The number of amidine groups is 1. The van der Waals surface area contributed by atoms with E-state index in [2.05, 4.69) is 10.1 Å². The number of carbonyl (C=O) groups is 1. The third-order valence-corrected chi connectivity index (χ3v) is 3.39. The van der Waals surface area contributed by atoms with Gasteiger partial charge in [0.15, 0.2) is 5.84 Å². The fraction of sp³-hybridized carbons (Fsp3) is 0.417. The van der Waals surface area contributed by atoms with Crippen LogP contribution in [0.1, 0.15) is 29.8 Å². The van der Waals surface area contributed by atoms with Gasteiger partial charge in [0.2, 0.25) is 0 Å². The van der Waals surface area contributed by atoms with E-state index in [-0.39, 0.29) is 17.8 Å². The van der Waals surface area contributed by atoms with Gasteiger partial charge in [-0.25, -0.2) is 4.98 Å². The molecule has 2 rings (SSSR count). The van der Waals surface area contributed by atoms with Gasteiger partial charge in [0, 0.05) is 12.7 Å². The van der Waals surface area contributed by atoms with Crippen molar-refractivity contribution in [1.82, 2.24) is 9.88 Å². The fourth-order valence-electron chi connectivity index (χ4n) is 2.20. The van der Waals surface area contributed by atoms with E-state index in [1.54, 1.807) is 17.0 Å². The zero-order valence-electron chi connectivity index (χ0n) is 10.3. The lowest BCUT2D eigenvalue weighted by atomic mass is 10.0. The zero-order valence-corrected chi connectivity index (χ0v) is 11.0. The Labute approximate surface area is 115 Å². The van der Waals surface area contributed by atoms with E-state index >= 15 is 0 Å². The summed E-state index contributed by atoms with van der Waals surface area (Å²) in [7, 11) is 0. The molecular weight excluding hydrogens is 268 g/mol. The summed E-state index contributed by atoms with van der Waals surface area (Å²) in [5.74, 6) is -0.171. The minimum absolute atomic E-state index is 0.0574. The smallest absolute Gasteiger partial charge is 0.273 e. The summed E-state index contributed by atoms with van der Waals surface area (Å²) in [5.41, 5.74) is 5.95. The highest BCUT2D eigenvalue weighted by Crippen LogP contribution is 2.19. The number of rotatable bonds is 2. The van der Waals surface area contributed by atoms with Crippen molar-refractivity contribution < 1.29 is 10.0 Å². The second-order valence-corrected chi connectivity index (χ2v) is 4.83. The van der Waals surface area contributed by atoms with Crippen molar-refractivity contribution in [3.05, 3.63) is 29.0 Å². The summed E-state index contributed by atoms with van der Waals surface area (Å²) >= 11 is 5.74. The molecule has 102 valence electrons. The molecule has 0 spiro atoms. The van der Waals surface area contributed by atoms with Gasteiger partial charge in [0.1, 0.15) is 5.69 Å². The number of halogens is 1. The molecule has 1 fully saturated rings. The number of nitrogens with two attached hydrogens (primary N) is 1. The number of aromatic nitrogens is 1. The van der Waals surface area contributed by atoms with E-state index in [1.807, 2.05) is 0 Å². The van der Waals surface area contributed by atoms with Crippen LogP contribution in [0.3, 0.4) is 0 Å². The second kappa shape index (κ2) is 5.88. The van der Waals surface area contributed by atoms with Crippen LogP contribution in [0.25, 0.3) is 0 Å². The predicted molar refractivity (Wildman–Crippen MR) is 71.3 cm³/mol. The third kappa shape index (κ3) is 2.96. The SMILES string of the molecule is NC(=NO)C1CCCCN1C(=O)c1ccc(Cl)cn1. The zero-order chi connectivity index (χ0) is 13.8. The molecule has 1 unspecified atom stereocenters. The van der Waals surface area contributed by atoms with Crippen molar-refractivity contribution in [3.63, 3.8) is 0 Å². The number of piperidine rings is 1. The Balaban J connectivity index is 2.22. The highest BCUT2D eigenvalue weighted by molar-refractivity contribution is 6.30. The van der Waals surface area contributed by atoms with E-state index < -0.39 is 0 Å². The summed E-state index contributed by atoms with van der Waals surface area (Å²) in [6.45, 7) is 0.573. The van der Waals surface area contributed by atoms with Gasteiger partial charge < -0.3 is 15.8 Å². The first kappa shape index (κ1) is 13.6. The molecule has 1 aliphatic heterocycles. The normalized spacial score (nSPS) is 20.4. The van der Waals surface area contributed by atoms with Crippen LogP contribution in [0.4, 0.5) is 0 Å². The van der Waals surface area contributed by atoms with Gasteiger partial charge in [-0.2, -0.15) is 0 Å². The van der Waals surface area contributed by atoms with Crippen molar-refractivity contribution in [2.24, 2.45) is 10.9 Å². The van der Waals surface area contributed by atoms with Crippen molar-refractivity contribution in [2.45, 2.75) is 25.3 Å². The molecule has 19 heavy (non-hydrogen) atoms. The number of hydrogen-bond acceptors (Lipinski definition) is 4. The van der Waals surface area contributed by atoms with Gasteiger partial charge in [0.25, 0.3) is 5.91 Å². The quantitative estimate of drug-likeness (QED) is 0.372. The Hall–Kier alpha value is -1.82. The first-order valence-corrected chi connectivity index (χ1v) is 6.41. The van der Waals surface area contributed by atoms with E-state index in [1.165, 1.54) is 6.20 Å². The predicted octanol–water partition coefficient (Wildman–Crippen LogP) is 1.48. The summed E-state index contributed by atoms with van der Waals surface area (Å²) in [5, 5.41) is 12.3. The average molecular weight is 283 g/mol. The minimum atomic E-state index is -0.372. The van der Waals surface area contributed by atoms with Crippen molar-refractivity contribution in [2.75, 3.05) is 6.54 Å². The Morgan fingerprint density at radius 2 is 2.32 bits per heavy atom. The maximum absolute atomic E-state index is 12.4. The van der Waals surface area contributed by atoms with Gasteiger partial charge in [0.05, 0.1) is 11.1 Å². The molecule has 1 aromatic rings. The van der Waals surface area contributed by atoms with Gasteiger partial charge in [-0.1, -0.05) is 16.8 Å². The van der Waals surface area contributed by atoms with Gasteiger partial charge in [-0.05, 0) is 31.4 Å². The van der Waals surface area contributed by atoms with Gasteiger partial charge in [-0.3, -0.25) is 4.79 Å². The molecule has 0 aliphatic carbocycles. The average Bonchev–Trinajstić information content (AvgIpc) is 2.46. The second-order valence-electron chi connectivity index (χ2n) is 4.40. The molecular formula is C12H15ClN4O2. The largest absolute Gasteiger partial charge is 0.409 e. The maximum Gasteiger partial charge on any atom is 0.273 e. The van der Waals surface area contributed by atoms with E-state index in [4.69, 9.17) is 22.5 Å². The van der Waals surface area contributed by atoms with Gasteiger partial charge >= 0.3 is 0 Å². The minimum Gasteiger partial charge on any atom is -0.409 e. The number of hydrogen-bond donors (Lipinski definition) is 2. The third-order valence-electron chi connectivity index (χ3n) is 3.17. The number of oxime groups is 1. The van der Waals surface area contributed by atoms with Crippen molar-refractivity contribution in [1.29, 1.82) is 0 Å². The summed E-state index contributed by atoms with van der Waals surface area (Å²) in [4.78, 5) is 18.0. The first-order valence-electron chi connectivity index (χ1n) is 6.03. The highest BCUT2D eigenvalue weighted by atomic mass is 35.5. The van der Waals surface area contributed by atoms with E-state index in [9.17, 15) is 4.79 Å². The molecule has 0 aromatic carbocycles. The highest BCUT2D eigenvalue weighted by Gasteiger charge is 2.30. The van der Waals surface area contributed by atoms with Crippen LogP contribution < -0.4 is 5.73 Å². The Morgan fingerprint density at radius 3 is 2.95 bits per heavy atom. The van der Waals surface area contributed by atoms with Crippen LogP contribution in [-0.2, 0) is 0 Å². The van der Waals surface area contributed by atoms with Crippen LogP contribution >= 0.6 is 11.6 Å². The molecule has 1 saturated heterocycles. The molecule has 1 atom stereocenters. The van der Waals surface area contributed by atoms with Crippen LogP contribution in [0, 0.1) is 0 Å². The monoisotopic (exact) mass is 282 g/mol. The molecule has 7 heteroatoms. The number of pyridine rings is 1. The Morgan fingerprint density at radius 1 is 1.53 bits per heavy atom.